The molecule has 3 aromatic rings. The first-order valence-electron chi connectivity index (χ1n) is 9.22. The van der Waals surface area contributed by atoms with Gasteiger partial charge in [0.2, 0.25) is 5.91 Å². The third kappa shape index (κ3) is 5.29. The van der Waals surface area contributed by atoms with Gasteiger partial charge in [0.05, 0.1) is 32.0 Å². The van der Waals surface area contributed by atoms with Crippen LogP contribution in [0.5, 0.6) is 11.5 Å². The quantitative estimate of drug-likeness (QED) is 0.571. The van der Waals surface area contributed by atoms with Crippen LogP contribution in [0.1, 0.15) is 30.8 Å². The number of benzene rings is 2. The molecule has 0 radical (unpaired) electrons. The molecule has 0 saturated carbocycles. The number of carbonyl (C=O) groups is 1. The molecule has 7 heteroatoms. The van der Waals surface area contributed by atoms with Gasteiger partial charge in [0.15, 0.2) is 11.7 Å². The lowest BCUT2D eigenvalue weighted by Crippen LogP contribution is -2.26. The number of oxazole rings is 1. The minimum absolute atomic E-state index is 0.0748. The van der Waals surface area contributed by atoms with Crippen molar-refractivity contribution < 1.29 is 18.7 Å². The molecule has 1 atom stereocenters. The van der Waals surface area contributed by atoms with Gasteiger partial charge in [0, 0.05) is 23.9 Å². The molecule has 1 N–H and O–H groups in total. The van der Waals surface area contributed by atoms with Crippen LogP contribution in [0.2, 0.25) is 5.02 Å². The van der Waals surface area contributed by atoms with Gasteiger partial charge in [-0.25, -0.2) is 4.98 Å². The van der Waals surface area contributed by atoms with E-state index in [1.807, 2.05) is 31.2 Å². The Kier molecular flexibility index (Phi) is 6.77. The van der Waals surface area contributed by atoms with Crippen molar-refractivity contribution in [3.8, 4) is 22.8 Å². The average molecular weight is 415 g/mol. The maximum absolute atomic E-state index is 12.3. The van der Waals surface area contributed by atoms with Crippen molar-refractivity contribution in [2.45, 2.75) is 25.8 Å². The first kappa shape index (κ1) is 20.7. The van der Waals surface area contributed by atoms with Crippen LogP contribution < -0.4 is 14.8 Å². The second kappa shape index (κ2) is 9.47. The van der Waals surface area contributed by atoms with Gasteiger partial charge in [-0.1, -0.05) is 23.7 Å². The van der Waals surface area contributed by atoms with Crippen molar-refractivity contribution in [1.82, 2.24) is 10.3 Å². The van der Waals surface area contributed by atoms with Crippen LogP contribution in [0.15, 0.2) is 53.1 Å². The monoisotopic (exact) mass is 414 g/mol. The summed E-state index contributed by atoms with van der Waals surface area (Å²) >= 11 is 5.90. The lowest BCUT2D eigenvalue weighted by molar-refractivity contribution is -0.121. The first-order valence-corrected chi connectivity index (χ1v) is 9.60. The minimum Gasteiger partial charge on any atom is -0.497 e. The normalized spacial score (nSPS) is 11.7. The fraction of sp³-hybridized carbons (Fsp3) is 0.273. The second-order valence-electron chi connectivity index (χ2n) is 6.53. The average Bonchev–Trinajstić information content (AvgIpc) is 3.21. The van der Waals surface area contributed by atoms with Crippen molar-refractivity contribution in [1.29, 1.82) is 0 Å². The van der Waals surface area contributed by atoms with E-state index in [1.165, 1.54) is 0 Å². The lowest BCUT2D eigenvalue weighted by Gasteiger charge is -2.14. The van der Waals surface area contributed by atoms with Gasteiger partial charge < -0.3 is 19.2 Å². The van der Waals surface area contributed by atoms with Crippen LogP contribution in [0.4, 0.5) is 0 Å². The molecule has 0 saturated heterocycles. The molecule has 0 aliphatic carbocycles. The van der Waals surface area contributed by atoms with Gasteiger partial charge in [-0.3, -0.25) is 4.79 Å². The summed E-state index contributed by atoms with van der Waals surface area (Å²) in [5.74, 6) is 2.31. The smallest absolute Gasteiger partial charge is 0.220 e. The molecule has 1 amide bonds. The Bertz CT molecular complexity index is 969. The van der Waals surface area contributed by atoms with Gasteiger partial charge in [-0.05, 0) is 36.8 Å². The summed E-state index contributed by atoms with van der Waals surface area (Å²) < 4.78 is 16.4. The molecule has 0 aliphatic rings. The third-order valence-electron chi connectivity index (χ3n) is 4.54. The van der Waals surface area contributed by atoms with E-state index in [2.05, 4.69) is 10.3 Å². The zero-order chi connectivity index (χ0) is 20.8. The summed E-state index contributed by atoms with van der Waals surface area (Å²) in [6, 6.07) is 12.8. The SMILES string of the molecule is COc1ccc(-c2cnc(CCC(=O)NC(C)c3ccc(Cl)cc3)o2)c(OC)c1. The molecule has 1 heterocycles. The van der Waals surface area contributed by atoms with Crippen LogP contribution in [-0.4, -0.2) is 25.1 Å². The summed E-state index contributed by atoms with van der Waals surface area (Å²) in [6.07, 6.45) is 2.31. The predicted octanol–water partition coefficient (Wildman–Crippen LogP) is 4.82. The lowest BCUT2D eigenvalue weighted by atomic mass is 10.1. The van der Waals surface area contributed by atoms with Crippen LogP contribution in [0.3, 0.4) is 0 Å². The molecule has 6 nitrogen and oxygen atoms in total. The zero-order valence-electron chi connectivity index (χ0n) is 16.6. The highest BCUT2D eigenvalue weighted by molar-refractivity contribution is 6.30. The van der Waals surface area contributed by atoms with Crippen LogP contribution in [-0.2, 0) is 11.2 Å². The van der Waals surface area contributed by atoms with Crippen LogP contribution in [0, 0.1) is 0 Å². The number of rotatable bonds is 8. The number of methoxy groups -OCH3 is 2. The standard InChI is InChI=1S/C22H23ClN2O4/c1-14(15-4-6-16(23)7-5-15)25-21(26)10-11-22-24-13-20(29-22)18-9-8-17(27-2)12-19(18)28-3/h4-9,12-14H,10-11H2,1-3H3,(H,25,26). The number of aromatic nitrogens is 1. The van der Waals surface area contributed by atoms with Gasteiger partial charge in [0.1, 0.15) is 11.5 Å². The van der Waals surface area contributed by atoms with Crippen LogP contribution >= 0.6 is 11.6 Å². The fourth-order valence-corrected chi connectivity index (χ4v) is 3.05. The van der Waals surface area contributed by atoms with Crippen LogP contribution in [0.25, 0.3) is 11.3 Å². The summed E-state index contributed by atoms with van der Waals surface area (Å²) in [5, 5.41) is 3.64. The zero-order valence-corrected chi connectivity index (χ0v) is 17.3. The van der Waals surface area contributed by atoms with E-state index in [0.717, 1.165) is 11.1 Å². The fourth-order valence-electron chi connectivity index (χ4n) is 2.92. The molecule has 0 spiro atoms. The van der Waals surface area contributed by atoms with E-state index in [4.69, 9.17) is 25.5 Å². The Morgan fingerprint density at radius 3 is 2.62 bits per heavy atom. The highest BCUT2D eigenvalue weighted by Gasteiger charge is 2.15. The Balaban J connectivity index is 1.59. The Labute approximate surface area is 174 Å². The number of nitrogens with zero attached hydrogens (tertiary/aromatic N) is 1. The molecule has 2 aromatic carbocycles. The maximum atomic E-state index is 12.3. The van der Waals surface area contributed by atoms with Gasteiger partial charge in [0.25, 0.3) is 0 Å². The van der Waals surface area contributed by atoms with Gasteiger partial charge >= 0.3 is 0 Å². The number of amides is 1. The summed E-state index contributed by atoms with van der Waals surface area (Å²) in [5.41, 5.74) is 1.76. The Hall–Kier alpha value is -2.99. The molecule has 0 bridgehead atoms. The van der Waals surface area contributed by atoms with Crippen molar-refractivity contribution in [3.05, 3.63) is 65.1 Å². The van der Waals surface area contributed by atoms with Crippen molar-refractivity contribution in [3.63, 3.8) is 0 Å². The van der Waals surface area contributed by atoms with E-state index in [0.29, 0.717) is 34.6 Å². The van der Waals surface area contributed by atoms with E-state index in [1.54, 1.807) is 38.6 Å². The number of hydrogen-bond acceptors (Lipinski definition) is 5. The maximum Gasteiger partial charge on any atom is 0.220 e. The van der Waals surface area contributed by atoms with Gasteiger partial charge in [-0.15, -0.1) is 0 Å². The Morgan fingerprint density at radius 1 is 1.17 bits per heavy atom. The number of aryl methyl sites for hydroxylation is 1. The molecule has 3 rings (SSSR count). The first-order chi connectivity index (χ1) is 14.0. The van der Waals surface area contributed by atoms with E-state index in [-0.39, 0.29) is 18.4 Å². The molecule has 152 valence electrons. The molecule has 0 aliphatic heterocycles. The number of carbonyl (C=O) groups excluding carboxylic acids is 1. The minimum atomic E-state index is -0.108. The highest BCUT2D eigenvalue weighted by Crippen LogP contribution is 2.33. The molecular weight excluding hydrogens is 392 g/mol. The summed E-state index contributed by atoms with van der Waals surface area (Å²) in [4.78, 5) is 16.6. The topological polar surface area (TPSA) is 73.6 Å². The summed E-state index contributed by atoms with van der Waals surface area (Å²) in [6.45, 7) is 1.93. The van der Waals surface area contributed by atoms with Crippen molar-refractivity contribution in [2.24, 2.45) is 0 Å². The second-order valence-corrected chi connectivity index (χ2v) is 6.96. The Morgan fingerprint density at radius 2 is 1.93 bits per heavy atom. The number of nitrogens with one attached hydrogen (secondary N) is 1. The van der Waals surface area contributed by atoms with Crippen molar-refractivity contribution >= 4 is 17.5 Å². The van der Waals surface area contributed by atoms with Crippen molar-refractivity contribution in [2.75, 3.05) is 14.2 Å². The largest absolute Gasteiger partial charge is 0.497 e. The number of hydrogen-bond donors (Lipinski definition) is 1. The van der Waals surface area contributed by atoms with Gasteiger partial charge in [-0.2, -0.15) is 0 Å². The van der Waals surface area contributed by atoms with E-state index in [9.17, 15) is 4.79 Å². The number of ether oxygens (including phenoxy) is 2. The third-order valence-corrected chi connectivity index (χ3v) is 4.79. The van der Waals surface area contributed by atoms with E-state index >= 15 is 0 Å². The highest BCUT2D eigenvalue weighted by atomic mass is 35.5. The molecule has 29 heavy (non-hydrogen) atoms. The summed E-state index contributed by atoms with van der Waals surface area (Å²) in [7, 11) is 3.18. The molecule has 1 aromatic heterocycles. The van der Waals surface area contributed by atoms with E-state index < -0.39 is 0 Å². The molecular formula is C22H23ClN2O4. The molecule has 1 unspecified atom stereocenters. The number of halogens is 1. The molecule has 0 fully saturated rings. The predicted molar refractivity (Wildman–Crippen MR) is 111 cm³/mol.